The summed E-state index contributed by atoms with van der Waals surface area (Å²) in [7, 11) is 1.59. The van der Waals surface area contributed by atoms with Crippen molar-refractivity contribution in [3.05, 3.63) is 70.0 Å². The molecule has 3 aromatic rings. The number of benzene rings is 2. The van der Waals surface area contributed by atoms with Gasteiger partial charge in [0.25, 0.3) is 11.5 Å². The largest absolute Gasteiger partial charge is 0.383 e. The summed E-state index contributed by atoms with van der Waals surface area (Å²) in [4.78, 5) is 43.6. The van der Waals surface area contributed by atoms with E-state index in [2.05, 4.69) is 10.6 Å². The van der Waals surface area contributed by atoms with Gasteiger partial charge in [-0.1, -0.05) is 55.8 Å². The summed E-state index contributed by atoms with van der Waals surface area (Å²) in [5.41, 5.74) is 1.91. The lowest BCUT2D eigenvalue weighted by Crippen LogP contribution is -2.35. The first-order valence-corrected chi connectivity index (χ1v) is 13.7. The Bertz CT molecular complexity index is 1290. The summed E-state index contributed by atoms with van der Waals surface area (Å²) in [6, 6.07) is 14.8. The Balaban J connectivity index is 1.58. The van der Waals surface area contributed by atoms with Crippen LogP contribution in [0.15, 0.2) is 58.5 Å². The maximum absolute atomic E-state index is 13.5. The summed E-state index contributed by atoms with van der Waals surface area (Å²) < 4.78 is 6.64. The molecule has 4 rings (SSSR count). The van der Waals surface area contributed by atoms with E-state index in [1.807, 2.05) is 37.3 Å². The molecule has 0 spiro atoms. The Morgan fingerprint density at radius 2 is 1.86 bits per heavy atom. The topological polar surface area (TPSA) is 102 Å². The van der Waals surface area contributed by atoms with Gasteiger partial charge in [0.1, 0.15) is 0 Å². The number of nitrogens with zero attached hydrogens (tertiary/aromatic N) is 2. The Kier molecular flexibility index (Phi) is 9.35. The van der Waals surface area contributed by atoms with Crippen LogP contribution >= 0.6 is 11.8 Å². The summed E-state index contributed by atoms with van der Waals surface area (Å²) in [5, 5.41) is 6.59. The second-order valence-electron chi connectivity index (χ2n) is 9.25. The van der Waals surface area contributed by atoms with E-state index in [0.717, 1.165) is 31.2 Å². The predicted molar refractivity (Wildman–Crippen MR) is 146 cm³/mol. The Morgan fingerprint density at radius 1 is 1.14 bits per heavy atom. The minimum atomic E-state index is -0.405. The number of carbonyl (C=O) groups excluding carboxylic acids is 2. The molecular formula is C28H34N4O4S. The van der Waals surface area contributed by atoms with Crippen molar-refractivity contribution in [1.82, 2.24) is 20.2 Å². The smallest absolute Gasteiger partial charge is 0.262 e. The van der Waals surface area contributed by atoms with Crippen LogP contribution in [0.5, 0.6) is 0 Å². The van der Waals surface area contributed by atoms with Gasteiger partial charge in [-0.25, -0.2) is 4.98 Å². The quantitative estimate of drug-likeness (QED) is 0.226. The van der Waals surface area contributed by atoms with Crippen molar-refractivity contribution >= 4 is 34.5 Å². The lowest BCUT2D eigenvalue weighted by atomic mass is 10.1. The van der Waals surface area contributed by atoms with E-state index >= 15 is 0 Å². The molecule has 2 aromatic carbocycles. The third kappa shape index (κ3) is 6.78. The normalized spacial score (nSPS) is 14.5. The number of methoxy groups -OCH3 is 1. The Labute approximate surface area is 221 Å². The van der Waals surface area contributed by atoms with Gasteiger partial charge < -0.3 is 15.4 Å². The highest BCUT2D eigenvalue weighted by atomic mass is 32.2. The van der Waals surface area contributed by atoms with Crippen LogP contribution in [0.1, 0.15) is 54.9 Å². The molecule has 2 amide bonds. The molecule has 1 atom stereocenters. The molecule has 1 fully saturated rings. The molecule has 0 saturated heterocycles. The van der Waals surface area contributed by atoms with Crippen LogP contribution in [0.4, 0.5) is 0 Å². The first kappa shape index (κ1) is 26.9. The van der Waals surface area contributed by atoms with E-state index in [4.69, 9.17) is 9.72 Å². The number of aromatic nitrogens is 2. The highest BCUT2D eigenvalue weighted by molar-refractivity contribution is 8.00. The second-order valence-corrected chi connectivity index (χ2v) is 10.4. The van der Waals surface area contributed by atoms with E-state index in [9.17, 15) is 14.4 Å². The molecule has 1 saturated carbocycles. The van der Waals surface area contributed by atoms with Crippen molar-refractivity contribution < 1.29 is 14.3 Å². The molecule has 1 aliphatic carbocycles. The van der Waals surface area contributed by atoms with Crippen molar-refractivity contribution in [3.8, 4) is 0 Å². The Hall–Kier alpha value is -3.17. The lowest BCUT2D eigenvalue weighted by Gasteiger charge is -2.18. The minimum absolute atomic E-state index is 0.0653. The third-order valence-corrected chi connectivity index (χ3v) is 7.94. The van der Waals surface area contributed by atoms with Gasteiger partial charge in [-0.15, -0.1) is 0 Å². The molecular weight excluding hydrogens is 488 g/mol. The maximum Gasteiger partial charge on any atom is 0.262 e. The number of rotatable bonds is 11. The molecule has 0 bridgehead atoms. The molecule has 0 radical (unpaired) electrons. The fraction of sp³-hybridized carbons (Fsp3) is 0.429. The van der Waals surface area contributed by atoms with Crippen LogP contribution in [-0.4, -0.2) is 52.9 Å². The van der Waals surface area contributed by atoms with E-state index in [-0.39, 0.29) is 30.0 Å². The number of nitrogens with one attached hydrogen (secondary N) is 2. The van der Waals surface area contributed by atoms with Gasteiger partial charge in [-0.3, -0.25) is 19.0 Å². The summed E-state index contributed by atoms with van der Waals surface area (Å²) in [6.07, 6.45) is 4.96. The number of hydrogen-bond acceptors (Lipinski definition) is 6. The predicted octanol–water partition coefficient (Wildman–Crippen LogP) is 3.75. The third-order valence-electron chi connectivity index (χ3n) is 6.59. The first-order valence-electron chi connectivity index (χ1n) is 12.8. The van der Waals surface area contributed by atoms with Crippen LogP contribution < -0.4 is 16.2 Å². The monoisotopic (exact) mass is 522 g/mol. The molecule has 2 N–H and O–H groups in total. The first-order chi connectivity index (χ1) is 18.0. The van der Waals surface area contributed by atoms with Gasteiger partial charge >= 0.3 is 0 Å². The molecule has 9 heteroatoms. The maximum atomic E-state index is 13.5. The van der Waals surface area contributed by atoms with Crippen molar-refractivity contribution in [2.75, 3.05) is 20.3 Å². The zero-order valence-corrected chi connectivity index (χ0v) is 22.2. The molecule has 8 nitrogen and oxygen atoms in total. The average molecular weight is 523 g/mol. The van der Waals surface area contributed by atoms with Crippen LogP contribution in [0.3, 0.4) is 0 Å². The van der Waals surface area contributed by atoms with E-state index in [0.29, 0.717) is 41.2 Å². The van der Waals surface area contributed by atoms with Gasteiger partial charge in [0.15, 0.2) is 5.16 Å². The van der Waals surface area contributed by atoms with Crippen LogP contribution in [0.2, 0.25) is 0 Å². The molecule has 196 valence electrons. The highest BCUT2D eigenvalue weighted by Crippen LogP contribution is 2.26. The zero-order chi connectivity index (χ0) is 26.2. The molecule has 37 heavy (non-hydrogen) atoms. The standard InChI is InChI=1S/C28H34N4O4S/c1-3-24(26(34)29-16-17-36-2)37-28-31-23-11-7-6-10-22(23)27(35)32(28)18-19-12-14-20(15-13-19)25(33)30-21-8-4-5-9-21/h6-7,10-15,21,24H,3-5,8-9,16-18H2,1-2H3,(H,29,34)(H,30,33)/t24-/m1/s1. The van der Waals surface area contributed by atoms with Crippen LogP contribution in [0, 0.1) is 0 Å². The van der Waals surface area contributed by atoms with Crippen LogP contribution in [-0.2, 0) is 16.1 Å². The number of carbonyl (C=O) groups is 2. The number of para-hydroxylation sites is 1. The van der Waals surface area contributed by atoms with Gasteiger partial charge in [0.05, 0.1) is 29.3 Å². The molecule has 0 unspecified atom stereocenters. The van der Waals surface area contributed by atoms with Gasteiger partial charge in [-0.2, -0.15) is 0 Å². The lowest BCUT2D eigenvalue weighted by molar-refractivity contribution is -0.120. The molecule has 1 aliphatic rings. The molecule has 1 aromatic heterocycles. The van der Waals surface area contributed by atoms with Gasteiger partial charge in [-0.05, 0) is 49.1 Å². The summed E-state index contributed by atoms with van der Waals surface area (Å²) in [5.74, 6) is -0.180. The number of thioether (sulfide) groups is 1. The van der Waals surface area contributed by atoms with Crippen LogP contribution in [0.25, 0.3) is 10.9 Å². The average Bonchev–Trinajstić information content (AvgIpc) is 3.42. The zero-order valence-electron chi connectivity index (χ0n) is 21.4. The summed E-state index contributed by atoms with van der Waals surface area (Å²) in [6.45, 7) is 3.07. The van der Waals surface area contributed by atoms with Gasteiger partial charge in [0.2, 0.25) is 5.91 Å². The van der Waals surface area contributed by atoms with Crippen molar-refractivity contribution in [1.29, 1.82) is 0 Å². The highest BCUT2D eigenvalue weighted by Gasteiger charge is 2.22. The minimum Gasteiger partial charge on any atom is -0.383 e. The fourth-order valence-corrected chi connectivity index (χ4v) is 5.54. The number of hydrogen-bond donors (Lipinski definition) is 2. The SMILES string of the molecule is CC[C@@H](Sc1nc2ccccc2c(=O)n1Cc1ccc(C(=O)NC2CCCC2)cc1)C(=O)NCCOC. The fourth-order valence-electron chi connectivity index (χ4n) is 4.50. The number of ether oxygens (including phenoxy) is 1. The van der Waals surface area contributed by atoms with E-state index < -0.39 is 5.25 Å². The van der Waals surface area contributed by atoms with Gasteiger partial charge in [0, 0.05) is 25.3 Å². The van der Waals surface area contributed by atoms with Crippen molar-refractivity contribution in [3.63, 3.8) is 0 Å². The van der Waals surface area contributed by atoms with Crippen molar-refractivity contribution in [2.24, 2.45) is 0 Å². The number of fused-ring (bicyclic) bond motifs is 1. The number of amides is 2. The van der Waals surface area contributed by atoms with Crippen molar-refractivity contribution in [2.45, 2.75) is 62.0 Å². The molecule has 1 heterocycles. The Morgan fingerprint density at radius 3 is 2.57 bits per heavy atom. The molecule has 0 aliphatic heterocycles. The van der Waals surface area contributed by atoms with E-state index in [1.54, 1.807) is 29.9 Å². The summed E-state index contributed by atoms with van der Waals surface area (Å²) >= 11 is 1.29. The second kappa shape index (κ2) is 12.9. The van der Waals surface area contributed by atoms with E-state index in [1.165, 1.54) is 11.8 Å².